The average Bonchev–Trinajstić information content (AvgIpc) is 1.63. The van der Waals surface area contributed by atoms with Crippen LogP contribution in [0.1, 0.15) is 75.3 Å². The van der Waals surface area contributed by atoms with Crippen LogP contribution in [0.15, 0.2) is 187 Å². The summed E-state index contributed by atoms with van der Waals surface area (Å²) in [7, 11) is -1.47. The zero-order valence-electron chi connectivity index (χ0n) is 54.4. The van der Waals surface area contributed by atoms with Gasteiger partial charge >= 0.3 is 19.3 Å². The molecular formula is C76H81BBrIN9O6-. The van der Waals surface area contributed by atoms with Gasteiger partial charge in [0.15, 0.2) is 0 Å². The van der Waals surface area contributed by atoms with Crippen LogP contribution in [-0.2, 0) is 28.7 Å². The number of aromatic nitrogens is 3. The Hall–Kier alpha value is -8.14. The van der Waals surface area contributed by atoms with Crippen molar-refractivity contribution in [3.63, 3.8) is 0 Å². The zero-order chi connectivity index (χ0) is 64.8. The Morgan fingerprint density at radius 1 is 0.447 bits per heavy atom. The predicted molar refractivity (Wildman–Crippen MR) is 377 cm³/mol. The lowest BCUT2D eigenvalue weighted by atomic mass is 9.80. The Bertz CT molecular complexity index is 4160. The van der Waals surface area contributed by atoms with E-state index in [9.17, 15) is 19.6 Å². The van der Waals surface area contributed by atoms with Crippen molar-refractivity contribution >= 4 is 57.8 Å². The van der Waals surface area contributed by atoms with Gasteiger partial charge in [-0.25, -0.2) is 9.59 Å². The first kappa shape index (κ1) is 67.3. The molecule has 3 aliphatic heterocycles. The number of ether oxygens (including phenoxy) is 2. The Kier molecular flexibility index (Phi) is 21.2. The van der Waals surface area contributed by atoms with Crippen LogP contribution in [-0.4, -0.2) is 144 Å². The van der Waals surface area contributed by atoms with Gasteiger partial charge in [0.1, 0.15) is 11.2 Å². The van der Waals surface area contributed by atoms with Gasteiger partial charge in [-0.15, -0.1) is 0 Å². The van der Waals surface area contributed by atoms with Gasteiger partial charge < -0.3 is 73.3 Å². The van der Waals surface area contributed by atoms with E-state index in [0.29, 0.717) is 44.7 Å². The van der Waals surface area contributed by atoms with Crippen LogP contribution in [0.4, 0.5) is 26.7 Å². The lowest BCUT2D eigenvalue weighted by molar-refractivity contribution is -0.000102. The molecule has 0 saturated carbocycles. The number of piperazine rings is 3. The summed E-state index contributed by atoms with van der Waals surface area (Å²) >= 11 is 3.58. The molecule has 0 unspecified atom stereocenters. The van der Waals surface area contributed by atoms with Crippen LogP contribution in [0.5, 0.6) is 0 Å². The molecule has 0 spiro atoms. The fraction of sp³-hybridized carbons (Fsp3) is 0.303. The van der Waals surface area contributed by atoms with E-state index in [0.717, 1.165) is 74.4 Å². The molecule has 2 amide bonds. The summed E-state index contributed by atoms with van der Waals surface area (Å²) in [4.78, 5) is 48.6. The van der Waals surface area contributed by atoms with Crippen LogP contribution >= 0.6 is 15.9 Å². The van der Waals surface area contributed by atoms with Crippen molar-refractivity contribution in [2.24, 2.45) is 0 Å². The summed E-state index contributed by atoms with van der Waals surface area (Å²) in [6.07, 6.45) is 8.02. The molecule has 15 rings (SSSR count). The minimum absolute atomic E-state index is 0. The molecule has 15 nitrogen and oxygen atoms in total. The van der Waals surface area contributed by atoms with E-state index >= 15 is 0 Å². The molecule has 6 aliphatic rings. The molecule has 6 heterocycles. The number of fused-ring (bicyclic) bond motifs is 9. The van der Waals surface area contributed by atoms with Crippen LogP contribution in [0.3, 0.4) is 0 Å². The van der Waals surface area contributed by atoms with Crippen molar-refractivity contribution in [2.75, 3.05) is 93.2 Å². The molecule has 3 aromatic heterocycles. The Labute approximate surface area is 578 Å². The maximum absolute atomic E-state index is 12.4. The van der Waals surface area contributed by atoms with E-state index in [1.807, 2.05) is 72.3 Å². The van der Waals surface area contributed by atoms with Gasteiger partial charge in [0, 0.05) is 155 Å². The molecule has 484 valence electrons. The van der Waals surface area contributed by atoms with Crippen molar-refractivity contribution in [3.8, 4) is 55.6 Å². The summed E-state index contributed by atoms with van der Waals surface area (Å²) in [5.74, 6) is 0. The van der Waals surface area contributed by atoms with Gasteiger partial charge in [-0.05, 0) is 157 Å². The average molecular weight is 1430 g/mol. The fourth-order valence-corrected chi connectivity index (χ4v) is 13.6. The number of hydrogen-bond acceptors (Lipinski definition) is 13. The second-order valence-corrected chi connectivity index (χ2v) is 27.0. The smallest absolute Gasteiger partial charge is 0.488 e. The van der Waals surface area contributed by atoms with Gasteiger partial charge in [-0.1, -0.05) is 125 Å². The van der Waals surface area contributed by atoms with Crippen molar-refractivity contribution in [1.82, 2.24) is 30.1 Å². The molecule has 0 bridgehead atoms. The van der Waals surface area contributed by atoms with Crippen molar-refractivity contribution < 1.29 is 53.1 Å². The number of hydrogen-bond donors (Lipinski definition) is 3. The van der Waals surface area contributed by atoms with Crippen molar-refractivity contribution in [2.45, 2.75) is 72.0 Å². The van der Waals surface area contributed by atoms with E-state index in [4.69, 9.17) is 9.47 Å². The Morgan fingerprint density at radius 3 is 1.24 bits per heavy atom. The maximum Gasteiger partial charge on any atom is 0.488 e. The molecule has 94 heavy (non-hydrogen) atoms. The molecule has 0 atom stereocenters. The van der Waals surface area contributed by atoms with Crippen LogP contribution in [0.2, 0.25) is 0 Å². The van der Waals surface area contributed by atoms with Crippen molar-refractivity contribution in [3.05, 3.63) is 221 Å². The highest BCUT2D eigenvalue weighted by atomic mass is 127. The maximum atomic E-state index is 12.4. The first-order chi connectivity index (χ1) is 44.9. The lowest BCUT2D eigenvalue weighted by Gasteiger charge is -2.37. The summed E-state index contributed by atoms with van der Waals surface area (Å²) in [6.45, 7) is 21.0. The largest absolute Gasteiger partial charge is 1.00 e. The molecule has 3 fully saturated rings. The normalized spacial score (nSPS) is 14.9. The first-order valence-electron chi connectivity index (χ1n) is 32.3. The third-order valence-corrected chi connectivity index (χ3v) is 18.2. The Morgan fingerprint density at radius 2 is 0.819 bits per heavy atom. The predicted octanol–water partition coefficient (Wildman–Crippen LogP) is 9.95. The van der Waals surface area contributed by atoms with E-state index < -0.39 is 18.3 Å². The monoisotopic (exact) mass is 1430 g/mol. The minimum atomic E-state index is -1.47. The number of amides is 2. The number of nitrogens with zero attached hydrogens (tertiary/aromatic N) is 8. The minimum Gasteiger partial charge on any atom is -1.00 e. The topological polar surface area (TPSA) is 160 Å². The molecule has 6 aromatic carbocycles. The Balaban J connectivity index is 0.000000132. The summed E-state index contributed by atoms with van der Waals surface area (Å²) in [5, 5.41) is 21.9. The summed E-state index contributed by atoms with van der Waals surface area (Å²) < 4.78 is 12.0. The van der Waals surface area contributed by atoms with Crippen LogP contribution in [0, 0.1) is 0 Å². The highest BCUT2D eigenvalue weighted by molar-refractivity contribution is 9.10. The summed E-state index contributed by atoms with van der Waals surface area (Å²) in [5.41, 5.74) is 23.4. The zero-order valence-corrected chi connectivity index (χ0v) is 58.1. The number of rotatable bonds is 6. The molecular weight excluding hydrogens is 1350 g/mol. The molecule has 9 aromatic rings. The van der Waals surface area contributed by atoms with Gasteiger partial charge in [-0.3, -0.25) is 15.0 Å². The second-order valence-electron chi connectivity index (χ2n) is 26.2. The highest BCUT2D eigenvalue weighted by Crippen LogP contribution is 2.45. The number of benzene rings is 6. The number of nitrogens with one attached hydrogen (secondary N) is 1. The number of carbonyl (C=O) groups is 2. The third-order valence-electron chi connectivity index (χ3n) is 17.5. The molecule has 3 saturated heterocycles. The van der Waals surface area contributed by atoms with E-state index in [2.05, 4.69) is 184 Å². The van der Waals surface area contributed by atoms with Crippen LogP contribution < -0.4 is 49.5 Å². The standard InChI is InChI=1S/C27H29N3O2.C22H21N3.C15H23BN2O4.C12H8BrN.HI/c1-27(2,3)32-26(31)30-15-13-29(14-16-30)21-9-6-8-19(17-21)23-11-12-28-24-18-20-7-4-5-10-22(20)25(23)24;1-2-7-19-17(4-1)15-21-22(19)20(8-9-24-21)16-5-3-6-18(14-16)25-12-10-23-11-13-25;1-15(2,3)22-14(19)18-9-7-17(8-10-18)13-6-4-5-12(11-13)16(20)21;13-10-5-6-14-11-7-8-3-1-2-4-9(8)12(10)11;/h4-12,17H,13-16,18H2,1-3H3;1-9,14,23H,10-13,15H2;4-6,11,20-21H,7-10H2,1-3H3;1-6H,7H2;1H/p-1. The van der Waals surface area contributed by atoms with Gasteiger partial charge in [-0.2, -0.15) is 0 Å². The number of halogens is 2. The number of anilines is 3. The van der Waals surface area contributed by atoms with E-state index in [-0.39, 0.29) is 36.2 Å². The lowest BCUT2D eigenvalue weighted by Crippen LogP contribution is -3.00. The van der Waals surface area contributed by atoms with Crippen molar-refractivity contribution in [1.29, 1.82) is 0 Å². The number of pyridine rings is 3. The number of carbonyl (C=O) groups excluding carboxylic acids is 2. The molecule has 0 radical (unpaired) electrons. The molecule has 18 heteroatoms. The second kappa shape index (κ2) is 29.7. The fourth-order valence-electron chi connectivity index (χ4n) is 13.0. The third kappa shape index (κ3) is 15.8. The van der Waals surface area contributed by atoms with E-state index in [1.54, 1.807) is 28.0 Å². The first-order valence-corrected chi connectivity index (χ1v) is 33.1. The quantitative estimate of drug-likeness (QED) is 0.107. The molecule has 3 N–H and O–H groups in total. The van der Waals surface area contributed by atoms with Gasteiger partial charge in [0.2, 0.25) is 0 Å². The van der Waals surface area contributed by atoms with E-state index in [1.165, 1.54) is 95.1 Å². The molecule has 3 aliphatic carbocycles. The summed E-state index contributed by atoms with van der Waals surface area (Å²) in [6, 6.07) is 56.9. The highest BCUT2D eigenvalue weighted by Gasteiger charge is 2.30. The van der Waals surface area contributed by atoms with Gasteiger partial charge in [0.05, 0.1) is 17.1 Å². The SMILES string of the molecule is Brc1ccnc2c1-c1ccccc1C2.CC(C)(C)OC(=O)N1CCN(c2cccc(-c3ccnc4c3-c3ccccc3C4)c2)CC1.CC(C)(C)OC(=O)N1CCN(c2cccc(B(O)O)c2)CC1.[I-].c1cc(-c2ccnc3c2-c2ccccc2C3)cc(N2CCNCC2)c1. The van der Waals surface area contributed by atoms with Gasteiger partial charge in [0.25, 0.3) is 0 Å². The van der Waals surface area contributed by atoms with Crippen LogP contribution in [0.25, 0.3) is 55.6 Å².